The van der Waals surface area contributed by atoms with Crippen LogP contribution in [0.1, 0.15) is 20.8 Å². The molecule has 2 amide bonds. The van der Waals surface area contributed by atoms with Crippen molar-refractivity contribution in [3.05, 3.63) is 53.4 Å². The summed E-state index contributed by atoms with van der Waals surface area (Å²) in [7, 11) is 0. The summed E-state index contributed by atoms with van der Waals surface area (Å²) >= 11 is 0. The number of imide groups is 1. The van der Waals surface area contributed by atoms with Gasteiger partial charge >= 0.3 is 0 Å². The summed E-state index contributed by atoms with van der Waals surface area (Å²) in [4.78, 5) is 28.6. The zero-order valence-corrected chi connectivity index (χ0v) is 9.93. The molecule has 1 aliphatic rings. The molecule has 0 radical (unpaired) electrons. The van der Waals surface area contributed by atoms with Crippen molar-refractivity contribution >= 4 is 23.2 Å². The van der Waals surface area contributed by atoms with E-state index >= 15 is 0 Å². The van der Waals surface area contributed by atoms with Gasteiger partial charge in [0.25, 0.3) is 11.8 Å². The van der Waals surface area contributed by atoms with Crippen molar-refractivity contribution in [3.63, 3.8) is 0 Å². The lowest BCUT2D eigenvalue weighted by Crippen LogP contribution is -2.31. The number of fused-ring (bicyclic) bond motifs is 1. The second kappa shape index (κ2) is 4.09. The van der Waals surface area contributed by atoms with Gasteiger partial charge in [0, 0.05) is 12.3 Å². The average Bonchev–Trinajstić information content (AvgIpc) is 2.64. The Morgan fingerprint density at radius 3 is 2.55 bits per heavy atom. The number of nitrogens with zero attached hydrogens (tertiary/aromatic N) is 2. The summed E-state index contributed by atoms with van der Waals surface area (Å²) in [5.41, 5.74) is 4.69. The maximum absolute atomic E-state index is 13.8. The smallest absolute Gasteiger partial charge is 0.284 e. The molecule has 0 saturated heterocycles. The van der Waals surface area contributed by atoms with Crippen molar-refractivity contribution in [1.82, 2.24) is 4.98 Å². The zero-order valence-electron chi connectivity index (χ0n) is 9.93. The molecule has 2 aromatic rings. The van der Waals surface area contributed by atoms with Gasteiger partial charge in [-0.05, 0) is 18.2 Å². The quantitative estimate of drug-likeness (QED) is 0.635. The molecule has 0 atom stereocenters. The Kier molecular flexibility index (Phi) is 2.50. The van der Waals surface area contributed by atoms with E-state index in [1.165, 1.54) is 18.3 Å². The zero-order chi connectivity index (χ0) is 14.4. The van der Waals surface area contributed by atoms with Crippen LogP contribution >= 0.6 is 0 Å². The highest BCUT2D eigenvalue weighted by atomic mass is 19.1. The SMILES string of the molecule is Nc1cc(F)cc(F)c1N1C(=O)c2cccnc2C1=O. The standard InChI is InChI=1S/C13H7F2N3O2/c14-6-4-8(15)11(9(16)5-6)18-12(19)7-2-1-3-17-10(7)13(18)20/h1-5H,16H2. The van der Waals surface area contributed by atoms with E-state index in [4.69, 9.17) is 5.73 Å². The number of hydrogen-bond donors (Lipinski definition) is 1. The molecule has 0 saturated carbocycles. The highest BCUT2D eigenvalue weighted by Crippen LogP contribution is 2.33. The molecule has 0 aliphatic carbocycles. The first-order valence-corrected chi connectivity index (χ1v) is 5.59. The Labute approximate surface area is 111 Å². The van der Waals surface area contributed by atoms with Gasteiger partial charge in [0.05, 0.1) is 11.3 Å². The van der Waals surface area contributed by atoms with Crippen LogP contribution in [0.5, 0.6) is 0 Å². The molecule has 100 valence electrons. The molecule has 0 fully saturated rings. The first-order chi connectivity index (χ1) is 9.50. The normalized spacial score (nSPS) is 13.8. The first kappa shape index (κ1) is 12.2. The molecule has 2 N–H and O–H groups in total. The van der Waals surface area contributed by atoms with Gasteiger partial charge in [-0.2, -0.15) is 0 Å². The molecule has 5 nitrogen and oxygen atoms in total. The van der Waals surface area contributed by atoms with Crippen molar-refractivity contribution in [1.29, 1.82) is 0 Å². The predicted octanol–water partition coefficient (Wildman–Crippen LogP) is 1.74. The predicted molar refractivity (Wildman–Crippen MR) is 66.1 cm³/mol. The third-order valence-electron chi connectivity index (χ3n) is 2.93. The number of aromatic nitrogens is 1. The van der Waals surface area contributed by atoms with Gasteiger partial charge in [-0.25, -0.2) is 13.7 Å². The minimum atomic E-state index is -1.09. The Morgan fingerprint density at radius 2 is 1.90 bits per heavy atom. The van der Waals surface area contributed by atoms with Crippen molar-refractivity contribution in [2.24, 2.45) is 0 Å². The van der Waals surface area contributed by atoms with E-state index in [2.05, 4.69) is 4.98 Å². The summed E-state index contributed by atoms with van der Waals surface area (Å²) in [6.07, 6.45) is 1.35. The van der Waals surface area contributed by atoms with Crippen LogP contribution in [-0.2, 0) is 0 Å². The summed E-state index contributed by atoms with van der Waals surface area (Å²) < 4.78 is 26.9. The second-order valence-corrected chi connectivity index (χ2v) is 4.17. The maximum atomic E-state index is 13.8. The number of rotatable bonds is 1. The van der Waals surface area contributed by atoms with E-state index in [1.54, 1.807) is 0 Å². The number of nitrogens with two attached hydrogens (primary N) is 1. The van der Waals surface area contributed by atoms with Crippen LogP contribution in [0.4, 0.5) is 20.2 Å². The third kappa shape index (κ3) is 1.56. The van der Waals surface area contributed by atoms with Gasteiger partial charge in [0.15, 0.2) is 5.82 Å². The number of anilines is 2. The van der Waals surface area contributed by atoms with Crippen LogP contribution in [0, 0.1) is 11.6 Å². The molecule has 7 heteroatoms. The van der Waals surface area contributed by atoms with Crippen LogP contribution in [0.15, 0.2) is 30.5 Å². The minimum absolute atomic E-state index is 0.0561. The van der Waals surface area contributed by atoms with Crippen molar-refractivity contribution in [3.8, 4) is 0 Å². The molecule has 1 aliphatic heterocycles. The van der Waals surface area contributed by atoms with Gasteiger partial charge in [-0.1, -0.05) is 0 Å². The lowest BCUT2D eigenvalue weighted by atomic mass is 10.2. The number of carbonyl (C=O) groups is 2. The largest absolute Gasteiger partial charge is 0.397 e. The van der Waals surface area contributed by atoms with Gasteiger partial charge in [0.1, 0.15) is 17.2 Å². The third-order valence-corrected chi connectivity index (χ3v) is 2.93. The van der Waals surface area contributed by atoms with E-state index in [0.717, 1.165) is 6.07 Å². The Balaban J connectivity index is 2.19. The number of nitrogen functional groups attached to an aromatic ring is 1. The fourth-order valence-electron chi connectivity index (χ4n) is 2.09. The number of benzene rings is 1. The first-order valence-electron chi connectivity index (χ1n) is 5.59. The number of halogens is 2. The van der Waals surface area contributed by atoms with Crippen LogP contribution in [0.3, 0.4) is 0 Å². The molecule has 20 heavy (non-hydrogen) atoms. The molecular weight excluding hydrogens is 268 g/mol. The summed E-state index contributed by atoms with van der Waals surface area (Å²) in [5, 5.41) is 0. The topological polar surface area (TPSA) is 76.3 Å². The molecule has 0 bridgehead atoms. The molecule has 0 spiro atoms. The second-order valence-electron chi connectivity index (χ2n) is 4.17. The van der Waals surface area contributed by atoms with Crippen LogP contribution < -0.4 is 10.6 Å². The fourth-order valence-corrected chi connectivity index (χ4v) is 2.09. The molecule has 1 aromatic heterocycles. The van der Waals surface area contributed by atoms with Gasteiger partial charge in [-0.15, -0.1) is 0 Å². The summed E-state index contributed by atoms with van der Waals surface area (Å²) in [6.45, 7) is 0. The summed E-state index contributed by atoms with van der Waals surface area (Å²) in [5.74, 6) is -3.51. The molecule has 0 unspecified atom stereocenters. The van der Waals surface area contributed by atoms with E-state index in [9.17, 15) is 18.4 Å². The van der Waals surface area contributed by atoms with Gasteiger partial charge < -0.3 is 5.73 Å². The number of carbonyl (C=O) groups excluding carboxylic acids is 2. The van der Waals surface area contributed by atoms with E-state index < -0.39 is 29.1 Å². The Hall–Kier alpha value is -2.83. The molecule has 1 aromatic carbocycles. The summed E-state index contributed by atoms with van der Waals surface area (Å²) in [6, 6.07) is 4.29. The molecule has 2 heterocycles. The number of amides is 2. The maximum Gasteiger partial charge on any atom is 0.284 e. The highest BCUT2D eigenvalue weighted by Gasteiger charge is 2.40. The van der Waals surface area contributed by atoms with E-state index in [0.29, 0.717) is 11.0 Å². The van der Waals surface area contributed by atoms with Crippen LogP contribution in [0.25, 0.3) is 0 Å². The average molecular weight is 275 g/mol. The molecule has 3 rings (SSSR count). The Morgan fingerprint density at radius 1 is 1.15 bits per heavy atom. The van der Waals surface area contributed by atoms with E-state index in [1.807, 2.05) is 0 Å². The lowest BCUT2D eigenvalue weighted by molar-refractivity contribution is 0.0923. The Bertz CT molecular complexity index is 703. The number of pyridine rings is 1. The van der Waals surface area contributed by atoms with E-state index in [-0.39, 0.29) is 16.9 Å². The van der Waals surface area contributed by atoms with Crippen molar-refractivity contribution in [2.75, 3.05) is 10.6 Å². The van der Waals surface area contributed by atoms with Gasteiger partial charge in [0.2, 0.25) is 0 Å². The monoisotopic (exact) mass is 275 g/mol. The number of hydrogen-bond acceptors (Lipinski definition) is 4. The van der Waals surface area contributed by atoms with Crippen LogP contribution in [0.2, 0.25) is 0 Å². The lowest BCUT2D eigenvalue weighted by Gasteiger charge is -2.16. The van der Waals surface area contributed by atoms with Gasteiger partial charge in [-0.3, -0.25) is 14.6 Å². The van der Waals surface area contributed by atoms with Crippen molar-refractivity contribution < 1.29 is 18.4 Å². The fraction of sp³-hybridized carbons (Fsp3) is 0. The minimum Gasteiger partial charge on any atom is -0.397 e. The molecular formula is C13H7F2N3O2. The van der Waals surface area contributed by atoms with Crippen molar-refractivity contribution in [2.45, 2.75) is 0 Å². The van der Waals surface area contributed by atoms with Crippen LogP contribution in [-0.4, -0.2) is 16.8 Å². The highest BCUT2D eigenvalue weighted by molar-refractivity contribution is 6.34.